The summed E-state index contributed by atoms with van der Waals surface area (Å²) in [5, 5.41) is 0. The molecular formula is H7MgNO3S. The van der Waals surface area contributed by atoms with Crippen molar-refractivity contribution in [3.63, 3.8) is 0 Å². The van der Waals surface area contributed by atoms with Gasteiger partial charge in [0.25, 0.3) is 11.4 Å². The van der Waals surface area contributed by atoms with Gasteiger partial charge in [-0.3, -0.25) is 9.11 Å². The van der Waals surface area contributed by atoms with Crippen molar-refractivity contribution in [3.05, 3.63) is 0 Å². The highest BCUT2D eigenvalue weighted by Gasteiger charge is 1.62. The number of hydrogen-bond acceptors (Lipinski definition) is 2. The molecule has 0 amide bonds. The van der Waals surface area contributed by atoms with Gasteiger partial charge in [-0.05, 0) is 0 Å². The van der Waals surface area contributed by atoms with E-state index in [4.69, 9.17) is 13.3 Å². The molecule has 0 saturated carbocycles. The highest BCUT2D eigenvalue weighted by molar-refractivity contribution is 7.73. The van der Waals surface area contributed by atoms with E-state index in [2.05, 4.69) is 0 Å². The third-order valence-electron chi connectivity index (χ3n) is 0. The molecule has 6 heteroatoms. The maximum absolute atomic E-state index is 8.67. The van der Waals surface area contributed by atoms with Crippen LogP contribution in [-0.4, -0.2) is 36.4 Å². The van der Waals surface area contributed by atoms with Gasteiger partial charge in [-0.25, -0.2) is 0 Å². The van der Waals surface area contributed by atoms with Crippen LogP contribution in [-0.2, 0) is 11.4 Å². The standard InChI is InChI=1S/Mg.H3N.H2O3S.2H/c;;1-4(2)3;;/h;1H3;(H2,1,2,3);;. The second kappa shape index (κ2) is 9.25. The zero-order valence-corrected chi connectivity index (χ0v) is 3.23. The minimum absolute atomic E-state index is 0. The summed E-state index contributed by atoms with van der Waals surface area (Å²) in [6.45, 7) is 0. The molecule has 38 valence electrons. The first-order valence-electron chi connectivity index (χ1n) is 0.532. The van der Waals surface area contributed by atoms with Gasteiger partial charge < -0.3 is 6.15 Å². The molecule has 0 aliphatic heterocycles. The summed E-state index contributed by atoms with van der Waals surface area (Å²) in [5.74, 6) is 0. The van der Waals surface area contributed by atoms with Gasteiger partial charge in [0, 0.05) is 0 Å². The van der Waals surface area contributed by atoms with E-state index >= 15 is 0 Å². The molecule has 0 aromatic heterocycles. The Morgan fingerprint density at radius 3 is 1.33 bits per heavy atom. The summed E-state index contributed by atoms with van der Waals surface area (Å²) in [5.41, 5.74) is 0. The fraction of sp³-hybridized carbons (Fsp3) is 0. The summed E-state index contributed by atoms with van der Waals surface area (Å²) >= 11 is -2.61. The quantitative estimate of drug-likeness (QED) is 0.284. The first-order valence-corrected chi connectivity index (χ1v) is 1.60. The smallest absolute Gasteiger partial charge is 0.316 e. The molecule has 6 heavy (non-hydrogen) atoms. The molecule has 0 atom stereocenters. The molecule has 0 radical (unpaired) electrons. The van der Waals surface area contributed by atoms with E-state index in [0.717, 1.165) is 0 Å². The molecular weight excluding hydrogens is 118 g/mol. The van der Waals surface area contributed by atoms with Gasteiger partial charge >= 0.3 is 23.1 Å². The van der Waals surface area contributed by atoms with Gasteiger partial charge in [-0.15, -0.1) is 0 Å². The van der Waals surface area contributed by atoms with E-state index in [1.165, 1.54) is 0 Å². The van der Waals surface area contributed by atoms with Crippen LogP contribution in [0, 0.1) is 0 Å². The maximum atomic E-state index is 8.67. The molecule has 0 rings (SSSR count). The molecule has 0 spiro atoms. The van der Waals surface area contributed by atoms with Gasteiger partial charge in [0.15, 0.2) is 0 Å². The van der Waals surface area contributed by atoms with Crippen molar-refractivity contribution < 1.29 is 13.3 Å². The van der Waals surface area contributed by atoms with Crippen LogP contribution in [0.3, 0.4) is 0 Å². The number of hydrogen-bond donors (Lipinski definition) is 3. The minimum Gasteiger partial charge on any atom is -0.344 e. The normalized spacial score (nSPS) is 5.83. The summed E-state index contributed by atoms with van der Waals surface area (Å²) in [7, 11) is 0. The molecule has 0 saturated heterocycles. The van der Waals surface area contributed by atoms with Crippen molar-refractivity contribution >= 4 is 34.4 Å². The van der Waals surface area contributed by atoms with Gasteiger partial charge in [-0.1, -0.05) is 0 Å². The van der Waals surface area contributed by atoms with Gasteiger partial charge in [0.2, 0.25) is 0 Å². The molecule has 5 N–H and O–H groups in total. The lowest BCUT2D eigenvalue weighted by atomic mass is 14.0. The average Bonchev–Trinajstić information content (AvgIpc) is 0.811. The SMILES string of the molecule is N.O=S(O)O.[MgH2]. The topological polar surface area (TPSA) is 92.5 Å². The third-order valence-corrected chi connectivity index (χ3v) is 0. The Bertz CT molecular complexity index is 33.8. The Balaban J connectivity index is -0.0000000450. The molecule has 4 nitrogen and oxygen atoms in total. The molecule has 0 aromatic rings. The van der Waals surface area contributed by atoms with Gasteiger partial charge in [0.1, 0.15) is 0 Å². The van der Waals surface area contributed by atoms with Crippen molar-refractivity contribution in [2.45, 2.75) is 0 Å². The first-order chi connectivity index (χ1) is 1.73. The predicted octanol–water partition coefficient (Wildman–Crippen LogP) is -1.07. The summed E-state index contributed by atoms with van der Waals surface area (Å²) in [6.07, 6.45) is 0. The fourth-order valence-electron chi connectivity index (χ4n) is 0. The third kappa shape index (κ3) is 109. The Morgan fingerprint density at radius 1 is 1.33 bits per heavy atom. The second-order valence-corrected chi connectivity index (χ2v) is 0.692. The van der Waals surface area contributed by atoms with Gasteiger partial charge in [-0.2, -0.15) is 4.21 Å². The van der Waals surface area contributed by atoms with E-state index < -0.39 is 11.4 Å². The van der Waals surface area contributed by atoms with Crippen molar-refractivity contribution in [3.8, 4) is 0 Å². The molecule has 0 aliphatic carbocycles. The monoisotopic (exact) mass is 125 g/mol. The fourth-order valence-corrected chi connectivity index (χ4v) is 0. The predicted molar refractivity (Wildman–Crippen MR) is 27.0 cm³/mol. The minimum atomic E-state index is -2.61. The van der Waals surface area contributed by atoms with Crippen LogP contribution in [0.2, 0.25) is 0 Å². The Hall–Kier alpha value is 0.796. The summed E-state index contributed by atoms with van der Waals surface area (Å²) in [4.78, 5) is 0. The molecule has 0 unspecified atom stereocenters. The highest BCUT2D eigenvalue weighted by atomic mass is 32.2. The van der Waals surface area contributed by atoms with Gasteiger partial charge in [0.05, 0.1) is 0 Å². The Morgan fingerprint density at radius 2 is 1.33 bits per heavy atom. The second-order valence-electron chi connectivity index (χ2n) is 0.231. The summed E-state index contributed by atoms with van der Waals surface area (Å²) in [6, 6.07) is 0. The zero-order chi connectivity index (χ0) is 3.58. The molecule has 0 heterocycles. The molecule has 0 bridgehead atoms. The Kier molecular flexibility index (Phi) is 24.4. The van der Waals surface area contributed by atoms with Crippen molar-refractivity contribution in [2.75, 3.05) is 0 Å². The van der Waals surface area contributed by atoms with Crippen LogP contribution in [0.15, 0.2) is 0 Å². The zero-order valence-electron chi connectivity index (χ0n) is 2.42. The van der Waals surface area contributed by atoms with Crippen molar-refractivity contribution in [1.82, 2.24) is 6.15 Å². The first kappa shape index (κ1) is 15.8. The highest BCUT2D eigenvalue weighted by Crippen LogP contribution is 1.44. The number of rotatable bonds is 0. The molecule has 0 aliphatic rings. The summed E-state index contributed by atoms with van der Waals surface area (Å²) < 4.78 is 22.8. The van der Waals surface area contributed by atoms with Crippen LogP contribution >= 0.6 is 0 Å². The van der Waals surface area contributed by atoms with Crippen LogP contribution in [0.4, 0.5) is 0 Å². The molecule has 0 fully saturated rings. The lowest BCUT2D eigenvalue weighted by Crippen LogP contribution is -1.74. The average molecular weight is 125 g/mol. The lowest BCUT2D eigenvalue weighted by molar-refractivity contribution is 0.454. The molecule has 0 aromatic carbocycles. The lowest BCUT2D eigenvalue weighted by Gasteiger charge is -1.59. The van der Waals surface area contributed by atoms with Crippen LogP contribution < -0.4 is 6.15 Å². The maximum Gasteiger partial charge on any atom is 0.316 e. The van der Waals surface area contributed by atoms with Crippen LogP contribution in [0.25, 0.3) is 0 Å². The van der Waals surface area contributed by atoms with E-state index in [9.17, 15) is 0 Å². The van der Waals surface area contributed by atoms with Crippen molar-refractivity contribution in [2.24, 2.45) is 0 Å². The van der Waals surface area contributed by atoms with Crippen molar-refractivity contribution in [1.29, 1.82) is 0 Å². The van der Waals surface area contributed by atoms with E-state index in [-0.39, 0.29) is 29.2 Å². The van der Waals surface area contributed by atoms with Crippen LogP contribution in [0.5, 0.6) is 0 Å². The largest absolute Gasteiger partial charge is 0.344 e. The van der Waals surface area contributed by atoms with E-state index in [1.807, 2.05) is 0 Å². The Labute approximate surface area is 54.2 Å². The van der Waals surface area contributed by atoms with Crippen LogP contribution in [0.1, 0.15) is 0 Å². The van der Waals surface area contributed by atoms with E-state index in [0.29, 0.717) is 0 Å². The van der Waals surface area contributed by atoms with E-state index in [1.54, 1.807) is 0 Å².